The van der Waals surface area contributed by atoms with E-state index in [1.54, 1.807) is 23.1 Å². The number of aryl methyl sites for hydroxylation is 1. The van der Waals surface area contributed by atoms with Gasteiger partial charge in [0.15, 0.2) is 6.61 Å². The van der Waals surface area contributed by atoms with Crippen LogP contribution < -0.4 is 10.1 Å². The van der Waals surface area contributed by atoms with Crippen molar-refractivity contribution in [3.8, 4) is 5.75 Å². The number of hydrogen-bond donors (Lipinski definition) is 1. The lowest BCUT2D eigenvalue weighted by atomic mass is 10.0. The lowest BCUT2D eigenvalue weighted by Crippen LogP contribution is -2.52. The number of amides is 2. The Bertz CT molecular complexity index is 1150. The Morgan fingerprint density at radius 2 is 1.69 bits per heavy atom. The maximum Gasteiger partial charge on any atom is 0.261 e. The highest BCUT2D eigenvalue weighted by Crippen LogP contribution is 2.22. The number of nitrogens with zero attached hydrogens (tertiary/aromatic N) is 1. The number of rotatable bonds is 11. The first kappa shape index (κ1) is 27.8. The molecule has 0 saturated heterocycles. The summed E-state index contributed by atoms with van der Waals surface area (Å²) in [7, 11) is 0. The Kier molecular flexibility index (Phi) is 10.4. The van der Waals surface area contributed by atoms with Gasteiger partial charge in [-0.3, -0.25) is 9.59 Å². The van der Waals surface area contributed by atoms with E-state index in [0.29, 0.717) is 29.7 Å². The minimum atomic E-state index is -0.696. The molecule has 0 aliphatic rings. The Morgan fingerprint density at radius 1 is 1.00 bits per heavy atom. The topological polar surface area (TPSA) is 58.6 Å². The molecule has 1 atom stereocenters. The van der Waals surface area contributed by atoms with E-state index in [1.807, 2.05) is 75.4 Å². The second-order valence-corrected chi connectivity index (χ2v) is 10.5. The molecule has 0 bridgehead atoms. The number of carbonyl (C=O) groups excluding carboxylic acids is 2. The Morgan fingerprint density at radius 3 is 2.33 bits per heavy atom. The summed E-state index contributed by atoms with van der Waals surface area (Å²) in [6, 6.07) is 22.1. The first-order chi connectivity index (χ1) is 17.2. The molecule has 7 heteroatoms. The average Bonchev–Trinajstić information content (AvgIpc) is 2.87. The Hall–Kier alpha value is -2.83. The van der Waals surface area contributed by atoms with Gasteiger partial charge in [0, 0.05) is 29.0 Å². The molecule has 0 heterocycles. The molecule has 36 heavy (non-hydrogen) atoms. The summed E-state index contributed by atoms with van der Waals surface area (Å²) >= 11 is 9.58. The number of nitrogens with one attached hydrogen (secondary N) is 1. The minimum absolute atomic E-state index is 0.180. The first-order valence-electron chi connectivity index (χ1n) is 12.0. The molecule has 0 aliphatic carbocycles. The normalized spacial score (nSPS) is 11.7. The molecule has 0 saturated carbocycles. The van der Waals surface area contributed by atoms with Crippen molar-refractivity contribution in [1.29, 1.82) is 0 Å². The van der Waals surface area contributed by atoms with Gasteiger partial charge in [-0.15, -0.1) is 0 Å². The molecular formula is C29H32BrClN2O3. The molecule has 3 aromatic rings. The van der Waals surface area contributed by atoms with Crippen LogP contribution in [0.1, 0.15) is 30.5 Å². The van der Waals surface area contributed by atoms with Crippen molar-refractivity contribution in [2.24, 2.45) is 5.92 Å². The number of benzene rings is 3. The molecule has 1 N–H and O–H groups in total. The van der Waals surface area contributed by atoms with Crippen LogP contribution in [0, 0.1) is 12.8 Å². The van der Waals surface area contributed by atoms with E-state index in [0.717, 1.165) is 21.2 Å². The number of hydrogen-bond acceptors (Lipinski definition) is 3. The van der Waals surface area contributed by atoms with E-state index in [-0.39, 0.29) is 25.0 Å². The highest BCUT2D eigenvalue weighted by Gasteiger charge is 2.30. The summed E-state index contributed by atoms with van der Waals surface area (Å²) in [6.07, 6.45) is 0.396. The summed E-state index contributed by atoms with van der Waals surface area (Å²) in [6.45, 7) is 6.58. The van der Waals surface area contributed by atoms with Crippen LogP contribution >= 0.6 is 27.5 Å². The fourth-order valence-corrected chi connectivity index (χ4v) is 4.08. The van der Waals surface area contributed by atoms with Crippen LogP contribution in [0.25, 0.3) is 0 Å². The molecule has 3 aromatic carbocycles. The van der Waals surface area contributed by atoms with Crippen molar-refractivity contribution in [2.75, 3.05) is 13.2 Å². The van der Waals surface area contributed by atoms with E-state index in [2.05, 4.69) is 21.2 Å². The largest absolute Gasteiger partial charge is 0.484 e. The molecule has 0 spiro atoms. The van der Waals surface area contributed by atoms with Crippen LogP contribution in [0.5, 0.6) is 5.75 Å². The molecule has 190 valence electrons. The van der Waals surface area contributed by atoms with Crippen molar-refractivity contribution in [3.05, 3.63) is 99.0 Å². The van der Waals surface area contributed by atoms with Crippen LogP contribution in [0.3, 0.4) is 0 Å². The van der Waals surface area contributed by atoms with Gasteiger partial charge in [0.25, 0.3) is 5.91 Å². The van der Waals surface area contributed by atoms with Crippen molar-refractivity contribution in [2.45, 2.75) is 39.8 Å². The predicted molar refractivity (Wildman–Crippen MR) is 148 cm³/mol. The second kappa shape index (κ2) is 13.5. The summed E-state index contributed by atoms with van der Waals surface area (Å²) in [5, 5.41) is 3.66. The van der Waals surface area contributed by atoms with Crippen molar-refractivity contribution >= 4 is 39.3 Å². The molecule has 0 radical (unpaired) electrons. The smallest absolute Gasteiger partial charge is 0.261 e. The summed E-state index contributed by atoms with van der Waals surface area (Å²) in [5.41, 5.74) is 2.76. The van der Waals surface area contributed by atoms with Crippen molar-refractivity contribution in [1.82, 2.24) is 10.2 Å². The predicted octanol–water partition coefficient (Wildman–Crippen LogP) is 6.20. The monoisotopic (exact) mass is 570 g/mol. The lowest BCUT2D eigenvalue weighted by Gasteiger charge is -2.31. The van der Waals surface area contributed by atoms with Gasteiger partial charge in [0.05, 0.1) is 0 Å². The van der Waals surface area contributed by atoms with Gasteiger partial charge < -0.3 is 15.0 Å². The zero-order valence-electron chi connectivity index (χ0n) is 20.8. The lowest BCUT2D eigenvalue weighted by molar-refractivity contribution is -0.142. The van der Waals surface area contributed by atoms with Crippen molar-refractivity contribution in [3.63, 3.8) is 0 Å². The Labute approximate surface area is 226 Å². The van der Waals surface area contributed by atoms with Crippen LogP contribution in [0.2, 0.25) is 5.02 Å². The minimum Gasteiger partial charge on any atom is -0.484 e. The van der Waals surface area contributed by atoms with Gasteiger partial charge in [-0.25, -0.2) is 0 Å². The maximum atomic E-state index is 13.6. The quantitative estimate of drug-likeness (QED) is 0.298. The molecular weight excluding hydrogens is 540 g/mol. The zero-order chi connectivity index (χ0) is 26.1. The highest BCUT2D eigenvalue weighted by atomic mass is 79.9. The first-order valence-corrected chi connectivity index (χ1v) is 13.1. The summed E-state index contributed by atoms with van der Waals surface area (Å²) < 4.78 is 6.78. The van der Waals surface area contributed by atoms with Crippen LogP contribution in [0.4, 0.5) is 0 Å². The zero-order valence-corrected chi connectivity index (χ0v) is 23.2. The van der Waals surface area contributed by atoms with E-state index >= 15 is 0 Å². The molecule has 0 aliphatic heterocycles. The SMILES string of the molecule is Cc1cc(OCC(=O)N(Cc2ccc(Br)cc2)[C@@H](Cc2ccccc2)C(=O)NCC(C)C)ccc1Cl. The van der Waals surface area contributed by atoms with Gasteiger partial charge in [-0.1, -0.05) is 83.8 Å². The van der Waals surface area contributed by atoms with E-state index in [1.165, 1.54) is 0 Å². The van der Waals surface area contributed by atoms with Gasteiger partial charge >= 0.3 is 0 Å². The molecule has 3 rings (SSSR count). The summed E-state index contributed by atoms with van der Waals surface area (Å²) in [4.78, 5) is 28.6. The number of ether oxygens (including phenoxy) is 1. The summed E-state index contributed by atoms with van der Waals surface area (Å²) in [5.74, 6) is 0.391. The van der Waals surface area contributed by atoms with Crippen molar-refractivity contribution < 1.29 is 14.3 Å². The third-order valence-corrected chi connectivity index (χ3v) is 6.67. The van der Waals surface area contributed by atoms with Gasteiger partial charge in [0.1, 0.15) is 11.8 Å². The van der Waals surface area contributed by atoms with Gasteiger partial charge in [-0.05, 0) is 59.9 Å². The number of halogens is 2. The molecule has 0 unspecified atom stereocenters. The fourth-order valence-electron chi connectivity index (χ4n) is 3.70. The molecule has 0 fully saturated rings. The molecule has 0 aromatic heterocycles. The third-order valence-electron chi connectivity index (χ3n) is 5.71. The standard InChI is InChI=1S/C29H32BrClN2O3/c1-20(2)17-32-29(35)27(16-22-7-5-4-6-8-22)33(18-23-9-11-24(30)12-10-23)28(34)19-36-25-13-14-26(31)21(3)15-25/h4-15,20,27H,16-19H2,1-3H3,(H,32,35)/t27-/m0/s1. The van der Waals surface area contributed by atoms with Gasteiger partial charge in [0.2, 0.25) is 5.91 Å². The average molecular weight is 572 g/mol. The third kappa shape index (κ3) is 8.38. The second-order valence-electron chi connectivity index (χ2n) is 9.19. The van der Waals surface area contributed by atoms with Gasteiger partial charge in [-0.2, -0.15) is 0 Å². The maximum absolute atomic E-state index is 13.6. The number of carbonyl (C=O) groups is 2. The van der Waals surface area contributed by atoms with E-state index in [9.17, 15) is 9.59 Å². The molecule has 2 amide bonds. The van der Waals surface area contributed by atoms with Crippen LogP contribution in [0.15, 0.2) is 77.3 Å². The van der Waals surface area contributed by atoms with E-state index in [4.69, 9.17) is 16.3 Å². The fraction of sp³-hybridized carbons (Fsp3) is 0.310. The Balaban J connectivity index is 1.89. The molecule has 5 nitrogen and oxygen atoms in total. The van der Waals surface area contributed by atoms with Crippen LogP contribution in [-0.4, -0.2) is 35.9 Å². The van der Waals surface area contributed by atoms with E-state index < -0.39 is 6.04 Å². The van der Waals surface area contributed by atoms with Crippen LogP contribution in [-0.2, 0) is 22.6 Å². The highest BCUT2D eigenvalue weighted by molar-refractivity contribution is 9.10.